The van der Waals surface area contributed by atoms with Crippen LogP contribution in [0.1, 0.15) is 40.5 Å². The molecular weight excluding hydrogens is 222 g/mol. The van der Waals surface area contributed by atoms with Crippen LogP contribution >= 0.6 is 0 Å². The first-order chi connectivity index (χ1) is 8.63. The van der Waals surface area contributed by atoms with E-state index in [4.69, 9.17) is 0 Å². The lowest BCUT2D eigenvalue weighted by Gasteiger charge is -2.39. The Kier molecular flexibility index (Phi) is 7.87. The van der Waals surface area contributed by atoms with Crippen molar-refractivity contribution in [1.82, 2.24) is 15.1 Å². The van der Waals surface area contributed by atoms with Crippen LogP contribution in [0, 0.1) is 5.92 Å². The van der Waals surface area contributed by atoms with Crippen molar-refractivity contribution < 1.29 is 0 Å². The maximum absolute atomic E-state index is 3.57. The second kappa shape index (κ2) is 8.89. The summed E-state index contributed by atoms with van der Waals surface area (Å²) in [7, 11) is 0. The zero-order chi connectivity index (χ0) is 13.4. The maximum Gasteiger partial charge on any atom is 0.0195 e. The minimum atomic E-state index is 0.727. The molecule has 1 rings (SSSR count). The van der Waals surface area contributed by atoms with Gasteiger partial charge in [0.1, 0.15) is 0 Å². The van der Waals surface area contributed by atoms with E-state index < -0.39 is 0 Å². The molecule has 0 bridgehead atoms. The molecule has 1 fully saturated rings. The molecule has 1 saturated heterocycles. The Hall–Kier alpha value is -0.120. The highest BCUT2D eigenvalue weighted by molar-refractivity contribution is 4.78. The van der Waals surface area contributed by atoms with Gasteiger partial charge in [-0.3, -0.25) is 9.80 Å². The molecule has 1 unspecified atom stereocenters. The summed E-state index contributed by atoms with van der Waals surface area (Å²) >= 11 is 0. The van der Waals surface area contributed by atoms with Gasteiger partial charge in [0, 0.05) is 38.8 Å². The summed E-state index contributed by atoms with van der Waals surface area (Å²) in [6.45, 7) is 17.7. The van der Waals surface area contributed by atoms with Crippen molar-refractivity contribution in [1.29, 1.82) is 0 Å². The summed E-state index contributed by atoms with van der Waals surface area (Å²) in [6.07, 6.45) is 2.66. The van der Waals surface area contributed by atoms with Crippen LogP contribution in [0.5, 0.6) is 0 Å². The molecule has 3 nitrogen and oxygen atoms in total. The zero-order valence-electron chi connectivity index (χ0n) is 12.9. The molecule has 0 aromatic carbocycles. The van der Waals surface area contributed by atoms with Crippen LogP contribution in [0.3, 0.4) is 0 Å². The van der Waals surface area contributed by atoms with Crippen molar-refractivity contribution in [2.45, 2.75) is 46.6 Å². The number of hydrogen-bond acceptors (Lipinski definition) is 3. The first-order valence-electron chi connectivity index (χ1n) is 7.80. The van der Waals surface area contributed by atoms with E-state index in [0.717, 1.165) is 18.5 Å². The molecule has 1 N–H and O–H groups in total. The van der Waals surface area contributed by atoms with Gasteiger partial charge in [-0.25, -0.2) is 0 Å². The largest absolute Gasteiger partial charge is 0.315 e. The fourth-order valence-electron chi connectivity index (χ4n) is 2.74. The Bertz CT molecular complexity index is 206. The lowest BCUT2D eigenvalue weighted by Crippen LogP contribution is -2.52. The van der Waals surface area contributed by atoms with E-state index in [9.17, 15) is 0 Å². The van der Waals surface area contributed by atoms with Gasteiger partial charge in [-0.2, -0.15) is 0 Å². The monoisotopic (exact) mass is 255 g/mol. The number of rotatable bonds is 8. The van der Waals surface area contributed by atoms with E-state index >= 15 is 0 Å². The van der Waals surface area contributed by atoms with Crippen molar-refractivity contribution in [2.75, 3.05) is 45.8 Å². The first kappa shape index (κ1) is 15.9. The van der Waals surface area contributed by atoms with E-state index in [1.165, 1.54) is 52.1 Å². The van der Waals surface area contributed by atoms with Gasteiger partial charge in [-0.05, 0) is 38.8 Å². The van der Waals surface area contributed by atoms with E-state index in [1.807, 2.05) is 0 Å². The second-order valence-corrected chi connectivity index (χ2v) is 6.06. The topological polar surface area (TPSA) is 18.5 Å². The number of hydrogen-bond donors (Lipinski definition) is 1. The molecule has 3 heteroatoms. The molecule has 0 amide bonds. The fraction of sp³-hybridized carbons (Fsp3) is 1.00. The van der Waals surface area contributed by atoms with Gasteiger partial charge >= 0.3 is 0 Å². The predicted octanol–water partition coefficient (Wildman–Crippen LogP) is 2.04. The molecule has 0 aromatic heterocycles. The highest BCUT2D eigenvalue weighted by Gasteiger charge is 2.21. The minimum absolute atomic E-state index is 0.727. The molecule has 0 radical (unpaired) electrons. The lowest BCUT2D eigenvalue weighted by atomic mass is 10.1. The minimum Gasteiger partial charge on any atom is -0.315 e. The van der Waals surface area contributed by atoms with Crippen LogP contribution in [-0.2, 0) is 0 Å². The molecule has 1 aliphatic rings. The van der Waals surface area contributed by atoms with E-state index in [2.05, 4.69) is 42.8 Å². The van der Waals surface area contributed by atoms with Gasteiger partial charge in [0.05, 0.1) is 0 Å². The summed E-state index contributed by atoms with van der Waals surface area (Å²) < 4.78 is 0. The fourth-order valence-corrected chi connectivity index (χ4v) is 2.74. The summed E-state index contributed by atoms with van der Waals surface area (Å²) in [5.74, 6) is 0.842. The number of likely N-dealkylation sites (N-methyl/N-ethyl adjacent to an activating group) is 1. The van der Waals surface area contributed by atoms with Crippen molar-refractivity contribution in [3.05, 3.63) is 0 Å². The molecule has 1 aliphatic heterocycles. The normalized spacial score (nSPS) is 22.8. The third kappa shape index (κ3) is 6.17. The van der Waals surface area contributed by atoms with Crippen LogP contribution in [0.15, 0.2) is 0 Å². The van der Waals surface area contributed by atoms with Gasteiger partial charge in [-0.1, -0.05) is 20.8 Å². The van der Waals surface area contributed by atoms with Crippen molar-refractivity contribution in [3.8, 4) is 0 Å². The smallest absolute Gasteiger partial charge is 0.0195 e. The summed E-state index contributed by atoms with van der Waals surface area (Å²) in [6, 6.07) is 0.727. The van der Waals surface area contributed by atoms with Gasteiger partial charge in [0.2, 0.25) is 0 Å². The molecule has 18 heavy (non-hydrogen) atoms. The lowest BCUT2D eigenvalue weighted by molar-refractivity contribution is 0.0888. The van der Waals surface area contributed by atoms with Gasteiger partial charge in [0.25, 0.3) is 0 Å². The zero-order valence-corrected chi connectivity index (χ0v) is 12.9. The molecule has 0 spiro atoms. The van der Waals surface area contributed by atoms with Crippen molar-refractivity contribution >= 4 is 0 Å². The molecular formula is C15H33N3. The predicted molar refractivity (Wildman–Crippen MR) is 80.1 cm³/mol. The average Bonchev–Trinajstić information content (AvgIpc) is 2.33. The summed E-state index contributed by atoms with van der Waals surface area (Å²) in [4.78, 5) is 5.18. The Morgan fingerprint density at radius 3 is 2.61 bits per heavy atom. The summed E-state index contributed by atoms with van der Waals surface area (Å²) in [5, 5.41) is 3.57. The first-order valence-corrected chi connectivity index (χ1v) is 7.80. The highest BCUT2D eigenvalue weighted by Crippen LogP contribution is 2.08. The van der Waals surface area contributed by atoms with Crippen LogP contribution in [-0.4, -0.2) is 61.7 Å². The average molecular weight is 255 g/mol. The second-order valence-electron chi connectivity index (χ2n) is 6.06. The molecule has 108 valence electrons. The molecule has 0 aliphatic carbocycles. The van der Waals surface area contributed by atoms with E-state index in [1.54, 1.807) is 0 Å². The summed E-state index contributed by atoms with van der Waals surface area (Å²) in [5.41, 5.74) is 0. The van der Waals surface area contributed by atoms with Gasteiger partial charge < -0.3 is 5.32 Å². The van der Waals surface area contributed by atoms with Gasteiger partial charge in [0.15, 0.2) is 0 Å². The molecule has 0 aromatic rings. The van der Waals surface area contributed by atoms with Crippen molar-refractivity contribution in [3.63, 3.8) is 0 Å². The van der Waals surface area contributed by atoms with Crippen molar-refractivity contribution in [2.24, 2.45) is 5.92 Å². The van der Waals surface area contributed by atoms with E-state index in [-0.39, 0.29) is 0 Å². The highest BCUT2D eigenvalue weighted by atomic mass is 15.3. The third-order valence-electron chi connectivity index (χ3n) is 4.00. The van der Waals surface area contributed by atoms with Crippen LogP contribution < -0.4 is 5.32 Å². The maximum atomic E-state index is 3.57. The number of nitrogens with one attached hydrogen (secondary N) is 1. The van der Waals surface area contributed by atoms with Crippen LogP contribution in [0.25, 0.3) is 0 Å². The number of piperazine rings is 1. The standard InChI is InChI=1S/C15H33N3/c1-5-18-12-11-17(13-15(18)4)10-9-16-8-6-7-14(2)3/h14-16H,5-13H2,1-4H3. The Labute approximate surface area is 114 Å². The molecule has 1 atom stereocenters. The third-order valence-corrected chi connectivity index (χ3v) is 4.00. The Morgan fingerprint density at radius 1 is 1.22 bits per heavy atom. The Morgan fingerprint density at radius 2 is 2.00 bits per heavy atom. The number of nitrogens with zero attached hydrogens (tertiary/aromatic N) is 2. The van der Waals surface area contributed by atoms with Gasteiger partial charge in [-0.15, -0.1) is 0 Å². The quantitative estimate of drug-likeness (QED) is 0.670. The van der Waals surface area contributed by atoms with Crippen LogP contribution in [0.2, 0.25) is 0 Å². The SMILES string of the molecule is CCN1CCN(CCNCCCC(C)C)CC1C. The molecule has 1 heterocycles. The van der Waals surface area contributed by atoms with E-state index in [0.29, 0.717) is 0 Å². The molecule has 0 saturated carbocycles. The van der Waals surface area contributed by atoms with Crippen LogP contribution in [0.4, 0.5) is 0 Å². The Balaban J connectivity index is 2.00.